The molecule has 1 fully saturated rings. The third-order valence-corrected chi connectivity index (χ3v) is 2.06. The molecule has 14 heavy (non-hydrogen) atoms. The molecule has 0 spiro atoms. The van der Waals surface area contributed by atoms with Gasteiger partial charge in [-0.05, 0) is 26.0 Å². The zero-order chi connectivity index (χ0) is 9.10. The summed E-state index contributed by atoms with van der Waals surface area (Å²) in [4.78, 5) is 8.22. The number of hydrogen-bond donors (Lipinski definition) is 1. The van der Waals surface area contributed by atoms with E-state index in [0.717, 1.165) is 25.2 Å². The normalized spacial score (nSPS) is 20.2. The Morgan fingerprint density at radius 2 is 2.43 bits per heavy atom. The molecule has 0 bridgehead atoms. The van der Waals surface area contributed by atoms with Gasteiger partial charge < -0.3 is 10.1 Å². The molecule has 1 aliphatic rings. The van der Waals surface area contributed by atoms with Crippen molar-refractivity contribution < 1.29 is 4.74 Å². The Balaban J connectivity index is 0.000000980. The van der Waals surface area contributed by atoms with E-state index in [0.29, 0.717) is 6.01 Å². The topological polar surface area (TPSA) is 47.0 Å². The number of hydrogen-bond acceptors (Lipinski definition) is 4. The van der Waals surface area contributed by atoms with Crippen LogP contribution >= 0.6 is 12.4 Å². The lowest BCUT2D eigenvalue weighted by atomic mass is 10.3. The summed E-state index contributed by atoms with van der Waals surface area (Å²) in [6, 6.07) is 2.36. The van der Waals surface area contributed by atoms with Crippen LogP contribution < -0.4 is 10.1 Å². The maximum atomic E-state index is 5.57. The lowest BCUT2D eigenvalue weighted by Gasteiger charge is -2.09. The van der Waals surface area contributed by atoms with Crippen molar-refractivity contribution in [2.24, 2.45) is 0 Å². The van der Waals surface area contributed by atoms with Crippen molar-refractivity contribution in [1.82, 2.24) is 15.3 Å². The highest BCUT2D eigenvalue weighted by molar-refractivity contribution is 5.85. The molecule has 1 N–H and O–H groups in total. The van der Waals surface area contributed by atoms with Gasteiger partial charge in [0.05, 0.1) is 0 Å². The SMILES string of the molecule is Cc1ccnc(OC2CCNC2)n1.Cl. The zero-order valence-electron chi connectivity index (χ0n) is 8.06. The van der Waals surface area contributed by atoms with E-state index in [1.807, 2.05) is 13.0 Å². The minimum atomic E-state index is 0. The zero-order valence-corrected chi connectivity index (χ0v) is 8.88. The Morgan fingerprint density at radius 3 is 3.07 bits per heavy atom. The summed E-state index contributed by atoms with van der Waals surface area (Å²) in [5.41, 5.74) is 0.941. The summed E-state index contributed by atoms with van der Waals surface area (Å²) < 4.78 is 5.57. The minimum absolute atomic E-state index is 0. The van der Waals surface area contributed by atoms with E-state index in [9.17, 15) is 0 Å². The van der Waals surface area contributed by atoms with Crippen LogP contribution in [0, 0.1) is 6.92 Å². The molecular weight excluding hydrogens is 202 g/mol. The third-order valence-electron chi connectivity index (χ3n) is 2.06. The molecule has 2 rings (SSSR count). The highest BCUT2D eigenvalue weighted by Crippen LogP contribution is 2.08. The number of aromatic nitrogens is 2. The average Bonchev–Trinajstić information content (AvgIpc) is 2.57. The first-order valence-corrected chi connectivity index (χ1v) is 4.51. The van der Waals surface area contributed by atoms with Crippen molar-refractivity contribution in [2.75, 3.05) is 13.1 Å². The van der Waals surface area contributed by atoms with Crippen molar-refractivity contribution in [3.05, 3.63) is 18.0 Å². The third kappa shape index (κ3) is 2.82. The predicted octanol–water partition coefficient (Wildman–Crippen LogP) is 0.948. The number of nitrogens with one attached hydrogen (secondary N) is 1. The molecule has 0 radical (unpaired) electrons. The molecule has 2 heterocycles. The van der Waals surface area contributed by atoms with Crippen LogP contribution in [0.1, 0.15) is 12.1 Å². The van der Waals surface area contributed by atoms with Gasteiger partial charge in [-0.2, -0.15) is 0 Å². The molecule has 1 saturated heterocycles. The molecule has 0 amide bonds. The first-order valence-electron chi connectivity index (χ1n) is 4.51. The summed E-state index contributed by atoms with van der Waals surface area (Å²) in [7, 11) is 0. The number of ether oxygens (including phenoxy) is 1. The lowest BCUT2D eigenvalue weighted by molar-refractivity contribution is 0.204. The molecule has 0 aliphatic carbocycles. The van der Waals surface area contributed by atoms with Crippen molar-refractivity contribution in [3.8, 4) is 6.01 Å². The van der Waals surface area contributed by atoms with Gasteiger partial charge in [-0.15, -0.1) is 12.4 Å². The van der Waals surface area contributed by atoms with Gasteiger partial charge >= 0.3 is 6.01 Å². The molecule has 1 aromatic rings. The van der Waals surface area contributed by atoms with Gasteiger partial charge in [0, 0.05) is 18.4 Å². The molecule has 1 aromatic heterocycles. The summed E-state index contributed by atoms with van der Waals surface area (Å²) in [6.07, 6.45) is 3.00. The van der Waals surface area contributed by atoms with Gasteiger partial charge in [-0.25, -0.2) is 9.97 Å². The van der Waals surface area contributed by atoms with Crippen molar-refractivity contribution in [1.29, 1.82) is 0 Å². The molecule has 1 unspecified atom stereocenters. The molecule has 5 heteroatoms. The van der Waals surface area contributed by atoms with Gasteiger partial charge in [0.25, 0.3) is 0 Å². The maximum absolute atomic E-state index is 5.57. The second kappa shape index (κ2) is 5.12. The summed E-state index contributed by atoms with van der Waals surface area (Å²) in [5, 5.41) is 3.23. The molecule has 1 aliphatic heterocycles. The fraction of sp³-hybridized carbons (Fsp3) is 0.556. The van der Waals surface area contributed by atoms with E-state index in [2.05, 4.69) is 15.3 Å². The smallest absolute Gasteiger partial charge is 0.316 e. The quantitative estimate of drug-likeness (QED) is 0.798. The fourth-order valence-electron chi connectivity index (χ4n) is 1.36. The Morgan fingerprint density at radius 1 is 1.57 bits per heavy atom. The Kier molecular flexibility index (Phi) is 4.10. The monoisotopic (exact) mass is 215 g/mol. The van der Waals surface area contributed by atoms with Crippen LogP contribution in [0.25, 0.3) is 0 Å². The van der Waals surface area contributed by atoms with Gasteiger partial charge in [0.2, 0.25) is 0 Å². The highest BCUT2D eigenvalue weighted by Gasteiger charge is 2.16. The average molecular weight is 216 g/mol. The van der Waals surface area contributed by atoms with Crippen LogP contribution in [0.4, 0.5) is 0 Å². The first-order chi connectivity index (χ1) is 6.34. The summed E-state index contributed by atoms with van der Waals surface area (Å²) >= 11 is 0. The van der Waals surface area contributed by atoms with Crippen molar-refractivity contribution in [2.45, 2.75) is 19.4 Å². The second-order valence-electron chi connectivity index (χ2n) is 3.21. The van der Waals surface area contributed by atoms with E-state index < -0.39 is 0 Å². The van der Waals surface area contributed by atoms with Crippen LogP contribution in [0.5, 0.6) is 6.01 Å². The fourth-order valence-corrected chi connectivity index (χ4v) is 1.36. The van der Waals surface area contributed by atoms with E-state index in [1.54, 1.807) is 6.20 Å². The maximum Gasteiger partial charge on any atom is 0.316 e. The Labute approximate surface area is 89.5 Å². The number of rotatable bonds is 2. The largest absolute Gasteiger partial charge is 0.459 e. The van der Waals surface area contributed by atoms with Gasteiger partial charge in [-0.1, -0.05) is 0 Å². The summed E-state index contributed by atoms with van der Waals surface area (Å²) in [6.45, 7) is 3.86. The van der Waals surface area contributed by atoms with Gasteiger partial charge in [0.1, 0.15) is 6.10 Å². The number of nitrogens with zero attached hydrogens (tertiary/aromatic N) is 2. The van der Waals surface area contributed by atoms with Crippen molar-refractivity contribution >= 4 is 12.4 Å². The van der Waals surface area contributed by atoms with Crippen molar-refractivity contribution in [3.63, 3.8) is 0 Å². The standard InChI is InChI=1S/C9H13N3O.ClH/c1-7-2-5-11-9(12-7)13-8-3-4-10-6-8;/h2,5,8,10H,3-4,6H2,1H3;1H. The molecule has 4 nitrogen and oxygen atoms in total. The molecule has 78 valence electrons. The molecule has 1 atom stereocenters. The van der Waals surface area contributed by atoms with Crippen LogP contribution in [0.15, 0.2) is 12.3 Å². The van der Waals surface area contributed by atoms with E-state index in [-0.39, 0.29) is 18.5 Å². The molecular formula is C9H14ClN3O. The summed E-state index contributed by atoms with van der Waals surface area (Å²) in [5.74, 6) is 0. The van der Waals surface area contributed by atoms with Crippen LogP contribution in [-0.4, -0.2) is 29.2 Å². The van der Waals surface area contributed by atoms with Gasteiger partial charge in [-0.3, -0.25) is 0 Å². The molecule has 0 aromatic carbocycles. The van der Waals surface area contributed by atoms with Crippen LogP contribution in [0.3, 0.4) is 0 Å². The number of aryl methyl sites for hydroxylation is 1. The van der Waals surface area contributed by atoms with Crippen LogP contribution in [-0.2, 0) is 0 Å². The van der Waals surface area contributed by atoms with Gasteiger partial charge in [0.15, 0.2) is 0 Å². The van der Waals surface area contributed by atoms with E-state index in [4.69, 9.17) is 4.74 Å². The Hall–Kier alpha value is -0.870. The molecule has 0 saturated carbocycles. The lowest BCUT2D eigenvalue weighted by Crippen LogP contribution is -2.20. The minimum Gasteiger partial charge on any atom is -0.459 e. The van der Waals surface area contributed by atoms with E-state index >= 15 is 0 Å². The van der Waals surface area contributed by atoms with E-state index in [1.165, 1.54) is 0 Å². The predicted molar refractivity (Wildman–Crippen MR) is 55.9 cm³/mol. The number of halogens is 1. The first kappa shape index (κ1) is 11.2. The second-order valence-corrected chi connectivity index (χ2v) is 3.21. The van der Waals surface area contributed by atoms with Crippen LogP contribution in [0.2, 0.25) is 0 Å². The Bertz CT molecular complexity index is 289. The highest BCUT2D eigenvalue weighted by atomic mass is 35.5.